The first kappa shape index (κ1) is 9.51. The van der Waals surface area contributed by atoms with Crippen molar-refractivity contribution in [3.05, 3.63) is 30.0 Å². The zero-order chi connectivity index (χ0) is 10.8. The second-order valence-corrected chi connectivity index (χ2v) is 2.91. The molecule has 0 unspecified atom stereocenters. The number of carbonyl (C=O) groups excluding carboxylic acids is 1. The SMILES string of the molecule is COC(=O)c1c(OC)nn2ccccc12. The van der Waals surface area contributed by atoms with Crippen molar-refractivity contribution in [3.8, 4) is 5.88 Å². The molecule has 2 rings (SSSR count). The van der Waals surface area contributed by atoms with Gasteiger partial charge < -0.3 is 9.47 Å². The number of fused-ring (bicyclic) bond motifs is 1. The molecule has 78 valence electrons. The Balaban J connectivity index is 2.72. The van der Waals surface area contributed by atoms with Crippen LogP contribution in [0.4, 0.5) is 0 Å². The lowest BCUT2D eigenvalue weighted by Gasteiger charge is -1.98. The Labute approximate surface area is 86.2 Å². The van der Waals surface area contributed by atoms with Gasteiger partial charge in [0.15, 0.2) is 0 Å². The van der Waals surface area contributed by atoms with E-state index in [2.05, 4.69) is 9.84 Å². The number of esters is 1. The summed E-state index contributed by atoms with van der Waals surface area (Å²) in [5, 5.41) is 4.09. The van der Waals surface area contributed by atoms with Crippen LogP contribution in [-0.2, 0) is 4.74 Å². The summed E-state index contributed by atoms with van der Waals surface area (Å²) in [6.45, 7) is 0. The Morgan fingerprint density at radius 3 is 2.87 bits per heavy atom. The van der Waals surface area contributed by atoms with Crippen molar-refractivity contribution in [1.29, 1.82) is 0 Å². The van der Waals surface area contributed by atoms with Crippen LogP contribution < -0.4 is 4.74 Å². The second kappa shape index (κ2) is 3.61. The minimum atomic E-state index is -0.451. The van der Waals surface area contributed by atoms with E-state index < -0.39 is 5.97 Å². The summed E-state index contributed by atoms with van der Waals surface area (Å²) in [7, 11) is 2.79. The molecule has 0 spiro atoms. The molecule has 0 fully saturated rings. The second-order valence-electron chi connectivity index (χ2n) is 2.91. The smallest absolute Gasteiger partial charge is 0.345 e. The molecule has 2 heterocycles. The van der Waals surface area contributed by atoms with Gasteiger partial charge in [-0.1, -0.05) is 6.07 Å². The van der Waals surface area contributed by atoms with E-state index in [1.807, 2.05) is 12.1 Å². The van der Waals surface area contributed by atoms with Crippen LogP contribution in [0.2, 0.25) is 0 Å². The molecule has 0 atom stereocenters. The monoisotopic (exact) mass is 206 g/mol. The Morgan fingerprint density at radius 1 is 1.40 bits per heavy atom. The molecule has 0 radical (unpaired) electrons. The molecule has 2 aromatic heterocycles. The topological polar surface area (TPSA) is 52.8 Å². The van der Waals surface area contributed by atoms with E-state index in [0.717, 1.165) is 0 Å². The summed E-state index contributed by atoms with van der Waals surface area (Å²) >= 11 is 0. The molecule has 15 heavy (non-hydrogen) atoms. The summed E-state index contributed by atoms with van der Waals surface area (Å²) in [6.07, 6.45) is 1.74. The number of aromatic nitrogens is 2. The largest absolute Gasteiger partial charge is 0.479 e. The number of hydrogen-bond donors (Lipinski definition) is 0. The summed E-state index contributed by atoms with van der Waals surface area (Å²) in [6, 6.07) is 5.42. The summed E-state index contributed by atoms with van der Waals surface area (Å²) in [5.41, 5.74) is 1.02. The number of ether oxygens (including phenoxy) is 2. The van der Waals surface area contributed by atoms with E-state index in [1.165, 1.54) is 14.2 Å². The Morgan fingerprint density at radius 2 is 2.20 bits per heavy atom. The molecular formula is C10H10N2O3. The average molecular weight is 206 g/mol. The third kappa shape index (κ3) is 1.41. The van der Waals surface area contributed by atoms with E-state index in [0.29, 0.717) is 11.1 Å². The molecule has 5 nitrogen and oxygen atoms in total. The van der Waals surface area contributed by atoms with E-state index in [4.69, 9.17) is 4.74 Å². The molecular weight excluding hydrogens is 196 g/mol. The highest BCUT2D eigenvalue weighted by atomic mass is 16.5. The number of methoxy groups -OCH3 is 2. The van der Waals surface area contributed by atoms with Crippen molar-refractivity contribution in [3.63, 3.8) is 0 Å². The Hall–Kier alpha value is -2.04. The zero-order valence-electron chi connectivity index (χ0n) is 8.43. The minimum Gasteiger partial charge on any atom is -0.479 e. The van der Waals surface area contributed by atoms with Crippen LogP contribution in [0.15, 0.2) is 24.4 Å². The van der Waals surface area contributed by atoms with Crippen molar-refractivity contribution in [1.82, 2.24) is 9.61 Å². The van der Waals surface area contributed by atoms with Crippen LogP contribution in [0.1, 0.15) is 10.4 Å². The maximum Gasteiger partial charge on any atom is 0.345 e. The van der Waals surface area contributed by atoms with Crippen molar-refractivity contribution in [2.45, 2.75) is 0 Å². The molecule has 0 amide bonds. The van der Waals surface area contributed by atoms with Gasteiger partial charge >= 0.3 is 5.97 Å². The molecule has 0 saturated heterocycles. The minimum absolute atomic E-state index is 0.271. The first-order valence-corrected chi connectivity index (χ1v) is 4.37. The highest BCUT2D eigenvalue weighted by Gasteiger charge is 2.20. The Kier molecular flexibility index (Phi) is 2.29. The van der Waals surface area contributed by atoms with Crippen LogP contribution in [-0.4, -0.2) is 29.8 Å². The van der Waals surface area contributed by atoms with Gasteiger partial charge in [-0.15, -0.1) is 5.10 Å². The predicted molar refractivity (Wildman–Crippen MR) is 53.1 cm³/mol. The van der Waals surface area contributed by atoms with Gasteiger partial charge in [0.05, 0.1) is 19.7 Å². The molecule has 0 aliphatic heterocycles. The quantitative estimate of drug-likeness (QED) is 0.691. The fraction of sp³-hybridized carbons (Fsp3) is 0.200. The number of pyridine rings is 1. The lowest BCUT2D eigenvalue weighted by Crippen LogP contribution is -2.02. The van der Waals surface area contributed by atoms with Crippen LogP contribution in [0.25, 0.3) is 5.52 Å². The zero-order valence-corrected chi connectivity index (χ0v) is 8.43. The average Bonchev–Trinajstić information content (AvgIpc) is 2.66. The van der Waals surface area contributed by atoms with Crippen molar-refractivity contribution in [2.75, 3.05) is 14.2 Å². The maximum absolute atomic E-state index is 11.5. The van der Waals surface area contributed by atoms with Crippen LogP contribution >= 0.6 is 0 Å². The first-order valence-electron chi connectivity index (χ1n) is 4.37. The normalized spacial score (nSPS) is 10.3. The fourth-order valence-corrected chi connectivity index (χ4v) is 1.41. The van der Waals surface area contributed by atoms with Gasteiger partial charge in [-0.2, -0.15) is 0 Å². The molecule has 0 saturated carbocycles. The molecule has 0 aliphatic carbocycles. The standard InChI is InChI=1S/C10H10N2O3/c1-14-9-8(10(13)15-2)7-5-3-4-6-12(7)11-9/h3-6H,1-2H3. The number of rotatable bonds is 2. The van der Waals surface area contributed by atoms with Gasteiger partial charge in [0.2, 0.25) is 5.88 Å². The van der Waals surface area contributed by atoms with Gasteiger partial charge in [-0.05, 0) is 12.1 Å². The van der Waals surface area contributed by atoms with Crippen LogP contribution in [0, 0.1) is 0 Å². The highest BCUT2D eigenvalue weighted by molar-refractivity contribution is 5.99. The number of hydrogen-bond acceptors (Lipinski definition) is 4. The van der Waals surface area contributed by atoms with E-state index in [1.54, 1.807) is 16.8 Å². The van der Waals surface area contributed by atoms with Crippen LogP contribution in [0.5, 0.6) is 5.88 Å². The number of carbonyl (C=O) groups is 1. The summed E-state index contributed by atoms with van der Waals surface area (Å²) in [4.78, 5) is 11.5. The lowest BCUT2D eigenvalue weighted by atomic mass is 10.2. The highest BCUT2D eigenvalue weighted by Crippen LogP contribution is 2.22. The van der Waals surface area contributed by atoms with E-state index in [9.17, 15) is 4.79 Å². The van der Waals surface area contributed by atoms with Gasteiger partial charge in [0.25, 0.3) is 0 Å². The van der Waals surface area contributed by atoms with Crippen molar-refractivity contribution >= 4 is 11.5 Å². The fourth-order valence-electron chi connectivity index (χ4n) is 1.41. The van der Waals surface area contributed by atoms with Gasteiger partial charge in [-0.3, -0.25) is 0 Å². The predicted octanol–water partition coefficient (Wildman–Crippen LogP) is 1.13. The van der Waals surface area contributed by atoms with Gasteiger partial charge in [0, 0.05) is 6.20 Å². The Bertz CT molecular complexity index is 504. The van der Waals surface area contributed by atoms with Gasteiger partial charge in [-0.25, -0.2) is 9.31 Å². The summed E-state index contributed by atoms with van der Waals surface area (Å²) < 4.78 is 11.3. The molecule has 0 aromatic carbocycles. The molecule has 5 heteroatoms. The third-order valence-electron chi connectivity index (χ3n) is 2.09. The van der Waals surface area contributed by atoms with Crippen molar-refractivity contribution in [2.24, 2.45) is 0 Å². The lowest BCUT2D eigenvalue weighted by molar-refractivity contribution is 0.0599. The van der Waals surface area contributed by atoms with Crippen LogP contribution in [0.3, 0.4) is 0 Å². The molecule has 2 aromatic rings. The van der Waals surface area contributed by atoms with Crippen molar-refractivity contribution < 1.29 is 14.3 Å². The van der Waals surface area contributed by atoms with E-state index in [-0.39, 0.29) is 5.88 Å². The maximum atomic E-state index is 11.5. The molecule has 0 bridgehead atoms. The summed E-state index contributed by atoms with van der Waals surface area (Å²) in [5.74, 6) is -0.180. The molecule has 0 N–H and O–H groups in total. The number of nitrogens with zero attached hydrogens (tertiary/aromatic N) is 2. The molecule has 0 aliphatic rings. The van der Waals surface area contributed by atoms with E-state index >= 15 is 0 Å². The van der Waals surface area contributed by atoms with Gasteiger partial charge in [0.1, 0.15) is 5.56 Å². The first-order chi connectivity index (χ1) is 7.27. The third-order valence-corrected chi connectivity index (χ3v) is 2.09.